The number of hydrogen-bond donors (Lipinski definition) is 1. The van der Waals surface area contributed by atoms with Gasteiger partial charge in [0.25, 0.3) is 6.01 Å². The molecule has 5 rings (SSSR count). The zero-order valence-electron chi connectivity index (χ0n) is 17.9. The number of aromatic amines is 1. The van der Waals surface area contributed by atoms with Crippen LogP contribution in [-0.4, -0.2) is 32.2 Å². The lowest BCUT2D eigenvalue weighted by Crippen LogP contribution is -2.24. The second-order valence-electron chi connectivity index (χ2n) is 7.72. The number of oxazole rings is 1. The molecule has 0 fully saturated rings. The summed E-state index contributed by atoms with van der Waals surface area (Å²) in [4.78, 5) is 6.92. The summed E-state index contributed by atoms with van der Waals surface area (Å²) in [6, 6.07) is 25.2. The van der Waals surface area contributed by atoms with E-state index in [-0.39, 0.29) is 0 Å². The molecule has 0 aliphatic heterocycles. The Kier molecular flexibility index (Phi) is 5.61. The normalized spacial score (nSPS) is 11.2. The first-order chi connectivity index (χ1) is 15.8. The summed E-state index contributed by atoms with van der Waals surface area (Å²) in [5, 5.41) is 14.5. The molecule has 7 heteroatoms. The summed E-state index contributed by atoms with van der Waals surface area (Å²) in [7, 11) is 0. The van der Waals surface area contributed by atoms with E-state index in [2.05, 4.69) is 62.8 Å². The van der Waals surface area contributed by atoms with Gasteiger partial charge in [-0.05, 0) is 40.5 Å². The number of fused-ring (bicyclic) bond motifs is 1. The van der Waals surface area contributed by atoms with Gasteiger partial charge in [0.2, 0.25) is 5.82 Å². The first-order valence-corrected chi connectivity index (χ1v) is 10.8. The molecule has 0 amide bonds. The third-order valence-corrected chi connectivity index (χ3v) is 5.49. The first-order valence-electron chi connectivity index (χ1n) is 10.8. The van der Waals surface area contributed by atoms with Crippen molar-refractivity contribution in [1.82, 2.24) is 25.6 Å². The van der Waals surface area contributed by atoms with E-state index in [1.807, 2.05) is 42.5 Å². The monoisotopic (exact) mass is 424 g/mol. The summed E-state index contributed by atoms with van der Waals surface area (Å²) in [6.45, 7) is 3.82. The van der Waals surface area contributed by atoms with Crippen LogP contribution in [0.2, 0.25) is 0 Å². The van der Waals surface area contributed by atoms with Crippen LogP contribution < -0.4 is 4.90 Å². The Bertz CT molecular complexity index is 1260. The number of para-hydroxylation sites is 2. The molecule has 1 N–H and O–H groups in total. The van der Waals surface area contributed by atoms with E-state index in [1.54, 1.807) is 0 Å². The summed E-state index contributed by atoms with van der Waals surface area (Å²) in [5.41, 5.74) is 6.03. The number of nitrogens with one attached hydrogen (secondary N) is 1. The van der Waals surface area contributed by atoms with Crippen molar-refractivity contribution in [1.29, 1.82) is 0 Å². The maximum Gasteiger partial charge on any atom is 0.298 e. The Morgan fingerprint density at radius 2 is 1.69 bits per heavy atom. The number of benzene rings is 3. The van der Waals surface area contributed by atoms with Gasteiger partial charge in [0.1, 0.15) is 5.52 Å². The molecular weight excluding hydrogens is 400 g/mol. The first kappa shape index (κ1) is 19.9. The Morgan fingerprint density at radius 3 is 2.44 bits per heavy atom. The molecule has 0 unspecified atom stereocenters. The highest BCUT2D eigenvalue weighted by atomic mass is 16.4. The van der Waals surface area contributed by atoms with Gasteiger partial charge in [-0.2, -0.15) is 10.2 Å². The van der Waals surface area contributed by atoms with Gasteiger partial charge in [-0.1, -0.05) is 74.0 Å². The van der Waals surface area contributed by atoms with Gasteiger partial charge in [-0.3, -0.25) is 0 Å². The van der Waals surface area contributed by atoms with Crippen molar-refractivity contribution in [2.45, 2.75) is 26.3 Å². The number of H-pyrrole nitrogens is 1. The lowest BCUT2D eigenvalue weighted by molar-refractivity contribution is 0.556. The van der Waals surface area contributed by atoms with Crippen LogP contribution in [0.4, 0.5) is 6.01 Å². The van der Waals surface area contributed by atoms with Gasteiger partial charge in [-0.25, -0.2) is 0 Å². The van der Waals surface area contributed by atoms with Crippen molar-refractivity contribution >= 4 is 17.1 Å². The highest BCUT2D eigenvalue weighted by Crippen LogP contribution is 2.30. The zero-order valence-corrected chi connectivity index (χ0v) is 17.9. The fourth-order valence-corrected chi connectivity index (χ4v) is 3.80. The molecule has 0 saturated heterocycles. The fraction of sp³-hybridized carbons (Fsp3) is 0.200. The van der Waals surface area contributed by atoms with Crippen LogP contribution in [0.1, 0.15) is 25.3 Å². The molecule has 2 heterocycles. The highest BCUT2D eigenvalue weighted by Gasteiger charge is 2.15. The molecule has 160 valence electrons. The summed E-state index contributed by atoms with van der Waals surface area (Å²) >= 11 is 0. The van der Waals surface area contributed by atoms with Crippen LogP contribution in [0, 0.1) is 0 Å². The Labute approximate surface area is 186 Å². The molecule has 0 atom stereocenters. The number of tetrazole rings is 1. The molecule has 0 radical (unpaired) electrons. The van der Waals surface area contributed by atoms with E-state index in [1.165, 1.54) is 5.56 Å². The van der Waals surface area contributed by atoms with Crippen LogP contribution in [0.5, 0.6) is 0 Å². The van der Waals surface area contributed by atoms with Gasteiger partial charge >= 0.3 is 0 Å². The van der Waals surface area contributed by atoms with Gasteiger partial charge in [0.05, 0.1) is 0 Å². The lowest BCUT2D eigenvalue weighted by Gasteiger charge is -2.20. The van der Waals surface area contributed by atoms with Gasteiger partial charge in [0, 0.05) is 18.7 Å². The van der Waals surface area contributed by atoms with Crippen LogP contribution in [0.15, 0.2) is 77.2 Å². The van der Waals surface area contributed by atoms with Crippen molar-refractivity contribution < 1.29 is 4.42 Å². The highest BCUT2D eigenvalue weighted by molar-refractivity contribution is 5.80. The van der Waals surface area contributed by atoms with Gasteiger partial charge in [0.15, 0.2) is 5.58 Å². The maximum absolute atomic E-state index is 6.04. The van der Waals surface area contributed by atoms with Gasteiger partial charge < -0.3 is 9.32 Å². The van der Waals surface area contributed by atoms with E-state index in [4.69, 9.17) is 9.40 Å². The topological polar surface area (TPSA) is 83.7 Å². The molecule has 32 heavy (non-hydrogen) atoms. The zero-order chi connectivity index (χ0) is 21.8. The molecule has 7 nitrogen and oxygen atoms in total. The van der Waals surface area contributed by atoms with Crippen LogP contribution >= 0.6 is 0 Å². The summed E-state index contributed by atoms with van der Waals surface area (Å²) in [5.74, 6) is 0.589. The Morgan fingerprint density at radius 1 is 0.906 bits per heavy atom. The predicted octanol–water partition coefficient (Wildman–Crippen LogP) is 5.48. The molecule has 2 aromatic heterocycles. The fourth-order valence-electron chi connectivity index (χ4n) is 3.80. The number of hydrogen-bond acceptors (Lipinski definition) is 6. The van der Waals surface area contributed by atoms with E-state index < -0.39 is 0 Å². The molecule has 0 bridgehead atoms. The number of rotatable bonds is 8. The minimum absolute atomic E-state index is 0.589. The second kappa shape index (κ2) is 9.01. The summed E-state index contributed by atoms with van der Waals surface area (Å²) in [6.07, 6.45) is 2.19. The van der Waals surface area contributed by atoms with Crippen molar-refractivity contribution in [2.75, 3.05) is 11.4 Å². The number of aromatic nitrogens is 5. The van der Waals surface area contributed by atoms with E-state index in [0.29, 0.717) is 11.8 Å². The molecule has 5 aromatic rings. The number of unbranched alkanes of at least 4 members (excludes halogenated alkanes) is 1. The van der Waals surface area contributed by atoms with Gasteiger partial charge in [-0.15, -0.1) is 10.2 Å². The van der Waals surface area contributed by atoms with Crippen LogP contribution in [-0.2, 0) is 6.54 Å². The average Bonchev–Trinajstić information content (AvgIpc) is 3.52. The van der Waals surface area contributed by atoms with Crippen molar-refractivity contribution in [2.24, 2.45) is 0 Å². The molecule has 0 aliphatic rings. The minimum Gasteiger partial charge on any atom is -0.423 e. The minimum atomic E-state index is 0.589. The van der Waals surface area contributed by atoms with Crippen molar-refractivity contribution in [3.05, 3.63) is 78.4 Å². The van der Waals surface area contributed by atoms with Crippen molar-refractivity contribution in [3.63, 3.8) is 0 Å². The third-order valence-electron chi connectivity index (χ3n) is 5.49. The Hall–Kier alpha value is -4.00. The maximum atomic E-state index is 6.04. The van der Waals surface area contributed by atoms with E-state index in [0.717, 1.165) is 53.7 Å². The average molecular weight is 425 g/mol. The third kappa shape index (κ3) is 4.09. The summed E-state index contributed by atoms with van der Waals surface area (Å²) < 4.78 is 6.04. The van der Waals surface area contributed by atoms with E-state index in [9.17, 15) is 0 Å². The van der Waals surface area contributed by atoms with Crippen LogP contribution in [0.25, 0.3) is 33.6 Å². The Balaban J connectivity index is 1.40. The number of nitrogens with zero attached hydrogens (tertiary/aromatic N) is 5. The van der Waals surface area contributed by atoms with Crippen molar-refractivity contribution in [3.8, 4) is 22.5 Å². The molecular formula is C25H24N6O. The van der Waals surface area contributed by atoms with Crippen LogP contribution in [0.3, 0.4) is 0 Å². The predicted molar refractivity (Wildman–Crippen MR) is 125 cm³/mol. The SMILES string of the molecule is CCCCN(Cc1ccc(-c2ccccc2-c2nn[nH]n2)cc1)c1nc2ccccc2o1. The molecule has 0 spiro atoms. The number of anilines is 1. The largest absolute Gasteiger partial charge is 0.423 e. The second-order valence-corrected chi connectivity index (χ2v) is 7.72. The standard InChI is InChI=1S/C25H24N6O/c1-2-3-16-31(25-26-22-10-6-7-11-23(22)32-25)17-18-12-14-19(15-13-18)20-8-4-5-9-21(20)24-27-29-30-28-24/h4-15H,2-3,16-17H2,1H3,(H,27,28,29,30). The quantitative estimate of drug-likeness (QED) is 0.355. The van der Waals surface area contributed by atoms with E-state index >= 15 is 0 Å². The molecule has 0 aliphatic carbocycles. The lowest BCUT2D eigenvalue weighted by atomic mass is 9.98. The molecule has 3 aromatic carbocycles. The molecule has 0 saturated carbocycles. The smallest absolute Gasteiger partial charge is 0.298 e.